The summed E-state index contributed by atoms with van der Waals surface area (Å²) in [5, 5.41) is 6.26. The molecule has 130 valence electrons. The van der Waals surface area contributed by atoms with Crippen LogP contribution >= 0.6 is 15.9 Å². The molecule has 0 aromatic heterocycles. The zero-order valence-corrected chi connectivity index (χ0v) is 15.9. The highest BCUT2D eigenvalue weighted by molar-refractivity contribution is 9.10. The van der Waals surface area contributed by atoms with Gasteiger partial charge >= 0.3 is 0 Å². The van der Waals surface area contributed by atoms with Gasteiger partial charge in [0.05, 0.1) is 25.5 Å². The SMILES string of the molecule is CC/C(Nc1ccc(Br)cc1)=C1/C(=O)Nc2cc(OC)c(OC)cc21. The van der Waals surface area contributed by atoms with Gasteiger partial charge in [0.25, 0.3) is 5.91 Å². The number of methoxy groups -OCH3 is 2. The van der Waals surface area contributed by atoms with Crippen molar-refractivity contribution in [2.45, 2.75) is 13.3 Å². The molecule has 0 aliphatic carbocycles. The van der Waals surface area contributed by atoms with E-state index in [0.717, 1.165) is 27.1 Å². The van der Waals surface area contributed by atoms with E-state index in [1.165, 1.54) is 0 Å². The summed E-state index contributed by atoms with van der Waals surface area (Å²) in [6.07, 6.45) is 0.687. The van der Waals surface area contributed by atoms with Crippen molar-refractivity contribution in [1.82, 2.24) is 0 Å². The molecule has 2 aromatic rings. The Morgan fingerprint density at radius 3 is 2.36 bits per heavy atom. The van der Waals surface area contributed by atoms with Crippen LogP contribution in [-0.2, 0) is 4.79 Å². The van der Waals surface area contributed by atoms with E-state index < -0.39 is 0 Å². The lowest BCUT2D eigenvalue weighted by atomic mass is 10.0. The first-order chi connectivity index (χ1) is 12.1. The quantitative estimate of drug-likeness (QED) is 0.714. The molecule has 0 radical (unpaired) electrons. The van der Waals surface area contributed by atoms with Crippen molar-refractivity contribution in [3.63, 3.8) is 0 Å². The highest BCUT2D eigenvalue weighted by Crippen LogP contribution is 2.42. The Labute approximate surface area is 155 Å². The van der Waals surface area contributed by atoms with Crippen molar-refractivity contribution < 1.29 is 14.3 Å². The Morgan fingerprint density at radius 2 is 1.76 bits per heavy atom. The normalized spacial score (nSPS) is 14.6. The van der Waals surface area contributed by atoms with Crippen LogP contribution < -0.4 is 20.1 Å². The minimum absolute atomic E-state index is 0.133. The number of anilines is 2. The first-order valence-electron chi connectivity index (χ1n) is 7.90. The van der Waals surface area contributed by atoms with Crippen molar-refractivity contribution in [3.05, 3.63) is 52.1 Å². The average molecular weight is 403 g/mol. The van der Waals surface area contributed by atoms with Gasteiger partial charge < -0.3 is 20.1 Å². The molecule has 3 rings (SSSR count). The van der Waals surface area contributed by atoms with Crippen LogP contribution in [0.2, 0.25) is 0 Å². The van der Waals surface area contributed by atoms with Gasteiger partial charge in [-0.05, 0) is 36.8 Å². The number of rotatable bonds is 5. The summed E-state index contributed by atoms with van der Waals surface area (Å²) < 4.78 is 11.7. The maximum absolute atomic E-state index is 12.6. The summed E-state index contributed by atoms with van der Waals surface area (Å²) in [7, 11) is 3.16. The van der Waals surface area contributed by atoms with Crippen LogP contribution in [0.1, 0.15) is 18.9 Å². The summed E-state index contributed by atoms with van der Waals surface area (Å²) >= 11 is 3.43. The van der Waals surface area contributed by atoms with Crippen LogP contribution in [0.3, 0.4) is 0 Å². The molecule has 0 atom stereocenters. The lowest BCUT2D eigenvalue weighted by molar-refractivity contribution is -0.110. The number of nitrogens with one attached hydrogen (secondary N) is 2. The largest absolute Gasteiger partial charge is 0.493 e. The lowest BCUT2D eigenvalue weighted by Crippen LogP contribution is -2.10. The van der Waals surface area contributed by atoms with E-state index in [9.17, 15) is 4.79 Å². The van der Waals surface area contributed by atoms with Crippen LogP contribution in [0, 0.1) is 0 Å². The highest BCUT2D eigenvalue weighted by atomic mass is 79.9. The van der Waals surface area contributed by atoms with Gasteiger partial charge in [-0.25, -0.2) is 0 Å². The minimum atomic E-state index is -0.133. The van der Waals surface area contributed by atoms with Crippen molar-refractivity contribution in [1.29, 1.82) is 0 Å². The van der Waals surface area contributed by atoms with Crippen molar-refractivity contribution in [2.75, 3.05) is 24.9 Å². The number of hydrogen-bond donors (Lipinski definition) is 2. The van der Waals surface area contributed by atoms with Gasteiger partial charge in [-0.3, -0.25) is 4.79 Å². The van der Waals surface area contributed by atoms with Crippen molar-refractivity contribution in [2.24, 2.45) is 0 Å². The molecule has 6 heteroatoms. The topological polar surface area (TPSA) is 59.6 Å². The van der Waals surface area contributed by atoms with E-state index in [-0.39, 0.29) is 5.91 Å². The van der Waals surface area contributed by atoms with E-state index in [4.69, 9.17) is 9.47 Å². The standard InChI is InChI=1S/C19H19BrN2O3/c1-4-14(21-12-7-5-11(20)6-8-12)18-13-9-16(24-2)17(25-3)10-15(13)22-19(18)23/h5-10,21H,4H2,1-3H3,(H,22,23)/b18-14-. The van der Waals surface area contributed by atoms with Crippen LogP contribution in [0.25, 0.3) is 5.57 Å². The number of fused-ring (bicyclic) bond motifs is 1. The minimum Gasteiger partial charge on any atom is -0.493 e. The number of allylic oxidation sites excluding steroid dienone is 1. The zero-order chi connectivity index (χ0) is 18.0. The predicted octanol–water partition coefficient (Wildman–Crippen LogP) is 4.65. The maximum atomic E-state index is 12.6. The number of hydrogen-bond acceptors (Lipinski definition) is 4. The Bertz CT molecular complexity index is 844. The van der Waals surface area contributed by atoms with Crippen LogP contribution in [-0.4, -0.2) is 20.1 Å². The summed E-state index contributed by atoms with van der Waals surface area (Å²) in [5.41, 5.74) is 3.94. The number of benzene rings is 2. The second-order valence-electron chi connectivity index (χ2n) is 5.55. The van der Waals surface area contributed by atoms with E-state index in [2.05, 4.69) is 26.6 Å². The molecule has 1 aliphatic rings. The number of ether oxygens (including phenoxy) is 2. The smallest absolute Gasteiger partial charge is 0.258 e. The van der Waals surface area contributed by atoms with Gasteiger partial charge in [-0.15, -0.1) is 0 Å². The molecule has 2 N–H and O–H groups in total. The van der Waals surface area contributed by atoms with Crippen molar-refractivity contribution >= 4 is 38.8 Å². The fourth-order valence-electron chi connectivity index (χ4n) is 2.83. The first kappa shape index (κ1) is 17.4. The molecule has 0 spiro atoms. The summed E-state index contributed by atoms with van der Waals surface area (Å²) in [4.78, 5) is 12.6. The molecule has 0 fully saturated rings. The van der Waals surface area contributed by atoms with Gasteiger partial charge in [0.1, 0.15) is 0 Å². The van der Waals surface area contributed by atoms with Gasteiger partial charge in [0.15, 0.2) is 11.5 Å². The van der Waals surface area contributed by atoms with Crippen LogP contribution in [0.15, 0.2) is 46.6 Å². The predicted molar refractivity (Wildman–Crippen MR) is 103 cm³/mol. The number of amides is 1. The van der Waals surface area contributed by atoms with E-state index >= 15 is 0 Å². The molecule has 0 saturated heterocycles. The monoisotopic (exact) mass is 402 g/mol. The third-order valence-electron chi connectivity index (χ3n) is 4.06. The fraction of sp³-hybridized carbons (Fsp3) is 0.211. The van der Waals surface area contributed by atoms with E-state index in [0.29, 0.717) is 23.5 Å². The fourth-order valence-corrected chi connectivity index (χ4v) is 3.10. The number of halogens is 1. The summed E-state index contributed by atoms with van der Waals surface area (Å²) in [6, 6.07) is 11.4. The molecular weight excluding hydrogens is 384 g/mol. The number of carbonyl (C=O) groups excluding carboxylic acids is 1. The number of carbonyl (C=O) groups is 1. The third kappa shape index (κ3) is 3.35. The Morgan fingerprint density at radius 1 is 1.12 bits per heavy atom. The van der Waals surface area contributed by atoms with Gasteiger partial charge in [-0.1, -0.05) is 22.9 Å². The van der Waals surface area contributed by atoms with Gasteiger partial charge in [-0.2, -0.15) is 0 Å². The molecule has 25 heavy (non-hydrogen) atoms. The highest BCUT2D eigenvalue weighted by Gasteiger charge is 2.29. The molecule has 0 unspecified atom stereocenters. The average Bonchev–Trinajstić information content (AvgIpc) is 2.94. The lowest BCUT2D eigenvalue weighted by Gasteiger charge is -2.13. The zero-order valence-electron chi connectivity index (χ0n) is 14.3. The first-order valence-corrected chi connectivity index (χ1v) is 8.70. The third-order valence-corrected chi connectivity index (χ3v) is 4.59. The van der Waals surface area contributed by atoms with E-state index in [1.54, 1.807) is 20.3 Å². The van der Waals surface area contributed by atoms with Crippen LogP contribution in [0.5, 0.6) is 11.5 Å². The maximum Gasteiger partial charge on any atom is 0.258 e. The van der Waals surface area contributed by atoms with Crippen molar-refractivity contribution in [3.8, 4) is 11.5 Å². The molecule has 5 nitrogen and oxygen atoms in total. The van der Waals surface area contributed by atoms with E-state index in [1.807, 2.05) is 37.3 Å². The molecule has 0 saturated carbocycles. The Kier molecular flexibility index (Phi) is 4.99. The van der Waals surface area contributed by atoms with Gasteiger partial charge in [0.2, 0.25) is 0 Å². The summed E-state index contributed by atoms with van der Waals surface area (Å²) in [6.45, 7) is 2.01. The Hall–Kier alpha value is -2.47. The molecular formula is C19H19BrN2O3. The second-order valence-corrected chi connectivity index (χ2v) is 6.46. The van der Waals surface area contributed by atoms with Crippen LogP contribution in [0.4, 0.5) is 11.4 Å². The Balaban J connectivity index is 2.07. The second kappa shape index (κ2) is 7.19. The molecule has 1 amide bonds. The summed E-state index contributed by atoms with van der Waals surface area (Å²) in [5.74, 6) is 1.04. The molecule has 1 aliphatic heterocycles. The molecule has 1 heterocycles. The molecule has 2 aromatic carbocycles. The molecule has 0 bridgehead atoms. The van der Waals surface area contributed by atoms with Gasteiger partial charge in [0, 0.05) is 27.5 Å².